The summed E-state index contributed by atoms with van der Waals surface area (Å²) in [6, 6.07) is 36.7. The van der Waals surface area contributed by atoms with Crippen molar-refractivity contribution in [3.05, 3.63) is 148 Å². The highest BCUT2D eigenvalue weighted by atomic mass is 35.5. The number of thioether (sulfide) groups is 1. The van der Waals surface area contributed by atoms with Crippen molar-refractivity contribution in [1.29, 1.82) is 0 Å². The van der Waals surface area contributed by atoms with Crippen LogP contribution in [0.3, 0.4) is 0 Å². The van der Waals surface area contributed by atoms with E-state index in [4.69, 9.17) is 23.2 Å². The summed E-state index contributed by atoms with van der Waals surface area (Å²) in [7, 11) is 0. The van der Waals surface area contributed by atoms with E-state index in [1.165, 1.54) is 17.8 Å². The molecule has 0 saturated heterocycles. The monoisotopic (exact) mass is 709 g/mol. The lowest BCUT2D eigenvalue weighted by Crippen LogP contribution is -2.35. The summed E-state index contributed by atoms with van der Waals surface area (Å²) >= 11 is 15.6. The second kappa shape index (κ2) is 15.2. The fourth-order valence-electron chi connectivity index (χ4n) is 5.12. The summed E-state index contributed by atoms with van der Waals surface area (Å²) in [5, 5.41) is 6.00. The first-order valence-corrected chi connectivity index (χ1v) is 17.6. The number of fused-ring (bicyclic) bond motifs is 2. The van der Waals surface area contributed by atoms with E-state index < -0.39 is 17.1 Å². The summed E-state index contributed by atoms with van der Waals surface area (Å²) < 4.78 is 0. The van der Waals surface area contributed by atoms with Crippen molar-refractivity contribution in [3.63, 3.8) is 0 Å². The smallest absolute Gasteiger partial charge is 0.272 e. The highest BCUT2D eigenvalue weighted by Crippen LogP contribution is 2.49. The Kier molecular flexibility index (Phi) is 10.6. The number of para-hydroxylation sites is 2. The third kappa shape index (κ3) is 7.63. The number of nitrogens with one attached hydrogen (secondary N) is 2. The molecule has 1 aliphatic heterocycles. The molecule has 5 aromatic rings. The third-order valence-electron chi connectivity index (χ3n) is 7.46. The molecule has 48 heavy (non-hydrogen) atoms. The van der Waals surface area contributed by atoms with Crippen LogP contribution in [0.4, 0.5) is 17.1 Å². The normalized spacial score (nSPS) is 12.8. The highest BCUT2D eigenvalue weighted by molar-refractivity contribution is 8.00. The fraction of sp³-hybridized carbons (Fsp3) is 0.0789. The Morgan fingerprint density at radius 3 is 2.15 bits per heavy atom. The molecule has 1 unspecified atom stereocenters. The van der Waals surface area contributed by atoms with E-state index >= 15 is 0 Å². The molecule has 2 N–H and O–H groups in total. The van der Waals surface area contributed by atoms with E-state index in [2.05, 4.69) is 10.6 Å². The van der Waals surface area contributed by atoms with E-state index in [-0.39, 0.29) is 11.6 Å². The van der Waals surface area contributed by atoms with Crippen LogP contribution in [0.15, 0.2) is 142 Å². The number of carbonyl (C=O) groups excluding carboxylic acids is 3. The Bertz CT molecular complexity index is 1990. The molecule has 6 nitrogen and oxygen atoms in total. The summed E-state index contributed by atoms with van der Waals surface area (Å²) in [6.45, 7) is 1.99. The van der Waals surface area contributed by atoms with E-state index in [1.807, 2.05) is 78.6 Å². The first-order valence-electron chi connectivity index (χ1n) is 15.1. The number of rotatable bonds is 9. The molecular weight excluding hydrogens is 681 g/mol. The molecule has 0 saturated carbocycles. The Labute approximate surface area is 297 Å². The van der Waals surface area contributed by atoms with E-state index in [9.17, 15) is 14.4 Å². The topological polar surface area (TPSA) is 78.5 Å². The Balaban J connectivity index is 1.24. The number of amides is 3. The van der Waals surface area contributed by atoms with Gasteiger partial charge in [0, 0.05) is 36.0 Å². The van der Waals surface area contributed by atoms with Gasteiger partial charge in [-0.2, -0.15) is 0 Å². The van der Waals surface area contributed by atoms with Gasteiger partial charge in [-0.25, -0.2) is 0 Å². The lowest BCUT2D eigenvalue weighted by molar-refractivity contribution is -0.117. The van der Waals surface area contributed by atoms with Crippen molar-refractivity contribution in [2.75, 3.05) is 10.2 Å². The van der Waals surface area contributed by atoms with Crippen molar-refractivity contribution in [3.8, 4) is 0 Å². The fourth-order valence-corrected chi connectivity index (χ4v) is 7.70. The van der Waals surface area contributed by atoms with Crippen molar-refractivity contribution >= 4 is 87.6 Å². The summed E-state index contributed by atoms with van der Waals surface area (Å²) in [6.07, 6.45) is 2.10. The molecule has 1 atom stereocenters. The van der Waals surface area contributed by atoms with Crippen LogP contribution in [0.1, 0.15) is 29.3 Å². The molecule has 240 valence electrons. The zero-order chi connectivity index (χ0) is 33.6. The lowest BCUT2D eigenvalue weighted by atomic mass is 10.1. The van der Waals surface area contributed by atoms with Crippen LogP contribution < -0.4 is 15.5 Å². The van der Waals surface area contributed by atoms with Gasteiger partial charge in [0.1, 0.15) is 5.70 Å². The Morgan fingerprint density at radius 2 is 1.48 bits per heavy atom. The largest absolute Gasteiger partial charge is 0.321 e. The highest BCUT2D eigenvalue weighted by Gasteiger charge is 2.32. The van der Waals surface area contributed by atoms with Crippen molar-refractivity contribution in [2.24, 2.45) is 0 Å². The molecule has 1 heterocycles. The van der Waals surface area contributed by atoms with Crippen LogP contribution in [0, 0.1) is 0 Å². The number of anilines is 3. The molecule has 5 aromatic carbocycles. The molecule has 0 radical (unpaired) electrons. The van der Waals surface area contributed by atoms with Crippen molar-refractivity contribution < 1.29 is 14.4 Å². The zero-order valence-electron chi connectivity index (χ0n) is 25.7. The predicted molar refractivity (Wildman–Crippen MR) is 198 cm³/mol. The Hall–Kier alpha value is -4.47. The standard InChI is InChI=1S/C38H29Cl2N3O3S2/c1-2-33(38(46)43-31-15-6-8-17-34(31)48-35-18-9-7-16-32(35)43)47-28-14-10-13-27(23-28)41-37(45)30(21-25-19-20-26(39)22-29(25)40)42-36(44)24-11-4-3-5-12-24/h3-23,33H,2H2,1H3,(H,41,45)(H,42,44)/b30-21+. The molecule has 1 aliphatic rings. The van der Waals surface area contributed by atoms with Crippen LogP contribution in [-0.2, 0) is 9.59 Å². The van der Waals surface area contributed by atoms with E-state index in [0.29, 0.717) is 33.3 Å². The van der Waals surface area contributed by atoms with Gasteiger partial charge in [0.25, 0.3) is 11.8 Å². The maximum atomic E-state index is 14.2. The maximum absolute atomic E-state index is 14.2. The maximum Gasteiger partial charge on any atom is 0.272 e. The quantitative estimate of drug-likeness (QED) is 0.118. The van der Waals surface area contributed by atoms with Gasteiger partial charge in [0.15, 0.2) is 0 Å². The van der Waals surface area contributed by atoms with E-state index in [1.54, 1.807) is 66.4 Å². The van der Waals surface area contributed by atoms with Gasteiger partial charge in [0.2, 0.25) is 5.91 Å². The molecule has 0 spiro atoms. The number of halogens is 2. The van der Waals surface area contributed by atoms with Gasteiger partial charge < -0.3 is 10.6 Å². The molecule has 0 bridgehead atoms. The number of hydrogen-bond donors (Lipinski definition) is 2. The number of nitrogens with zero attached hydrogens (tertiary/aromatic N) is 1. The number of hydrogen-bond acceptors (Lipinski definition) is 5. The molecule has 10 heteroatoms. The van der Waals surface area contributed by atoms with E-state index in [0.717, 1.165) is 26.1 Å². The van der Waals surface area contributed by atoms with Crippen LogP contribution >= 0.6 is 46.7 Å². The third-order valence-corrected chi connectivity index (χ3v) is 10.5. The van der Waals surface area contributed by atoms with Gasteiger partial charge in [-0.15, -0.1) is 11.8 Å². The molecule has 3 amide bonds. The minimum absolute atomic E-state index is 0.00644. The van der Waals surface area contributed by atoms with Gasteiger partial charge in [-0.05, 0) is 84.8 Å². The molecular formula is C38H29Cl2N3O3S2. The van der Waals surface area contributed by atoms with Crippen LogP contribution in [0.25, 0.3) is 6.08 Å². The minimum atomic E-state index is -0.547. The Morgan fingerprint density at radius 1 is 0.812 bits per heavy atom. The van der Waals surface area contributed by atoms with Gasteiger partial charge >= 0.3 is 0 Å². The van der Waals surface area contributed by atoms with Crippen LogP contribution in [0.5, 0.6) is 0 Å². The van der Waals surface area contributed by atoms with Crippen molar-refractivity contribution in [1.82, 2.24) is 5.32 Å². The SMILES string of the molecule is CCC(Sc1cccc(NC(=O)/C(=C\c2ccc(Cl)cc2Cl)NC(=O)c2ccccc2)c1)C(=O)N1c2ccccc2Sc2ccccc21. The molecule has 6 rings (SSSR count). The summed E-state index contributed by atoms with van der Waals surface area (Å²) in [5.41, 5.74) is 3.12. The van der Waals surface area contributed by atoms with Crippen molar-refractivity contribution in [2.45, 2.75) is 33.3 Å². The van der Waals surface area contributed by atoms with Gasteiger partial charge in [-0.1, -0.05) is 96.5 Å². The van der Waals surface area contributed by atoms with Crippen LogP contribution in [-0.4, -0.2) is 23.0 Å². The molecule has 0 aromatic heterocycles. The second-order valence-electron chi connectivity index (χ2n) is 10.8. The lowest BCUT2D eigenvalue weighted by Gasteiger charge is -2.33. The van der Waals surface area contributed by atoms with Crippen LogP contribution in [0.2, 0.25) is 10.0 Å². The average molecular weight is 711 g/mol. The summed E-state index contributed by atoms with van der Waals surface area (Å²) in [5.74, 6) is -1.02. The second-order valence-corrected chi connectivity index (χ2v) is 14.0. The number of benzene rings is 5. The average Bonchev–Trinajstić information content (AvgIpc) is 3.10. The first-order chi connectivity index (χ1) is 23.3. The predicted octanol–water partition coefficient (Wildman–Crippen LogP) is 10.1. The first kappa shape index (κ1) is 33.4. The van der Waals surface area contributed by atoms with Gasteiger partial charge in [0.05, 0.1) is 16.6 Å². The molecule has 0 fully saturated rings. The molecule has 0 aliphatic carbocycles. The summed E-state index contributed by atoms with van der Waals surface area (Å²) in [4.78, 5) is 45.6. The minimum Gasteiger partial charge on any atom is -0.321 e. The van der Waals surface area contributed by atoms with Gasteiger partial charge in [-0.3, -0.25) is 19.3 Å². The number of carbonyl (C=O) groups is 3. The zero-order valence-corrected chi connectivity index (χ0v) is 28.8.